The number of rotatable bonds is 0. The molecule has 2 aromatic rings. The second-order valence-electron chi connectivity index (χ2n) is 3.39. The van der Waals surface area contributed by atoms with Gasteiger partial charge >= 0.3 is 0 Å². The minimum atomic E-state index is -0.499. The van der Waals surface area contributed by atoms with Crippen LogP contribution in [0.4, 0.5) is 10.3 Å². The number of hydrogen-bond acceptors (Lipinski definition) is 4. The molecule has 0 amide bonds. The van der Waals surface area contributed by atoms with E-state index in [9.17, 15) is 4.39 Å². The minimum absolute atomic E-state index is 0.124. The third-order valence-electron chi connectivity index (χ3n) is 2.04. The molecule has 1 heterocycles. The number of benzene rings is 1. The SMILES string of the molecule is N#Cc1cc(F)cc(C#Cc2ccnc(N)n2)c1. The van der Waals surface area contributed by atoms with Gasteiger partial charge in [-0.2, -0.15) is 5.26 Å². The predicted molar refractivity (Wildman–Crippen MR) is 63.5 cm³/mol. The average Bonchev–Trinajstić information content (AvgIpc) is 2.36. The molecule has 0 bridgehead atoms. The maximum absolute atomic E-state index is 13.1. The van der Waals surface area contributed by atoms with Gasteiger partial charge in [0, 0.05) is 11.8 Å². The van der Waals surface area contributed by atoms with Gasteiger partial charge in [0.15, 0.2) is 0 Å². The first kappa shape index (κ1) is 11.6. The van der Waals surface area contributed by atoms with Gasteiger partial charge < -0.3 is 5.73 Å². The normalized spacial score (nSPS) is 9.11. The fraction of sp³-hybridized carbons (Fsp3) is 0. The minimum Gasteiger partial charge on any atom is -0.368 e. The van der Waals surface area contributed by atoms with Crippen molar-refractivity contribution in [3.05, 3.63) is 53.1 Å². The molecular weight excluding hydrogens is 231 g/mol. The number of hydrogen-bond donors (Lipinski definition) is 1. The van der Waals surface area contributed by atoms with Gasteiger partial charge in [-0.15, -0.1) is 0 Å². The third kappa shape index (κ3) is 2.81. The topological polar surface area (TPSA) is 75.6 Å². The van der Waals surface area contributed by atoms with E-state index < -0.39 is 5.82 Å². The molecule has 1 aromatic heterocycles. The van der Waals surface area contributed by atoms with E-state index in [1.807, 2.05) is 6.07 Å². The molecule has 2 N–H and O–H groups in total. The van der Waals surface area contributed by atoms with E-state index in [-0.39, 0.29) is 11.5 Å². The number of nitrogens with two attached hydrogens (primary N) is 1. The Bertz CT molecular complexity index is 692. The molecule has 4 nitrogen and oxygen atoms in total. The Kier molecular flexibility index (Phi) is 3.17. The van der Waals surface area contributed by atoms with Crippen molar-refractivity contribution in [1.82, 2.24) is 9.97 Å². The average molecular weight is 238 g/mol. The van der Waals surface area contributed by atoms with Crippen molar-refractivity contribution < 1.29 is 4.39 Å². The van der Waals surface area contributed by atoms with Crippen LogP contribution in [0.2, 0.25) is 0 Å². The fourth-order valence-corrected chi connectivity index (χ4v) is 1.31. The third-order valence-corrected chi connectivity index (χ3v) is 2.04. The summed E-state index contributed by atoms with van der Waals surface area (Å²) in [6.45, 7) is 0. The lowest BCUT2D eigenvalue weighted by atomic mass is 10.1. The number of nitrogens with zero attached hydrogens (tertiary/aromatic N) is 3. The monoisotopic (exact) mass is 238 g/mol. The van der Waals surface area contributed by atoms with E-state index >= 15 is 0 Å². The molecule has 5 heteroatoms. The first-order valence-corrected chi connectivity index (χ1v) is 4.98. The van der Waals surface area contributed by atoms with Crippen molar-refractivity contribution in [1.29, 1.82) is 5.26 Å². The van der Waals surface area contributed by atoms with E-state index in [2.05, 4.69) is 21.8 Å². The van der Waals surface area contributed by atoms with Crippen LogP contribution in [0.5, 0.6) is 0 Å². The van der Waals surface area contributed by atoms with E-state index in [1.165, 1.54) is 18.3 Å². The maximum atomic E-state index is 13.1. The van der Waals surface area contributed by atoms with Crippen LogP contribution in [-0.4, -0.2) is 9.97 Å². The summed E-state index contributed by atoms with van der Waals surface area (Å²) in [5, 5.41) is 8.71. The summed E-state index contributed by atoms with van der Waals surface area (Å²) in [4.78, 5) is 7.62. The summed E-state index contributed by atoms with van der Waals surface area (Å²) in [5.41, 5.74) is 6.47. The smallest absolute Gasteiger partial charge is 0.221 e. The Hall–Kier alpha value is -2.92. The molecule has 0 atom stereocenters. The van der Waals surface area contributed by atoms with Crippen LogP contribution in [0.3, 0.4) is 0 Å². The Labute approximate surface area is 103 Å². The molecule has 0 aliphatic carbocycles. The molecule has 1 aromatic carbocycles. The van der Waals surface area contributed by atoms with Crippen molar-refractivity contribution in [2.75, 3.05) is 5.73 Å². The zero-order valence-corrected chi connectivity index (χ0v) is 9.18. The number of nitrogen functional groups attached to an aromatic ring is 1. The van der Waals surface area contributed by atoms with Gasteiger partial charge in [-0.05, 0) is 30.2 Å². The van der Waals surface area contributed by atoms with E-state index in [4.69, 9.17) is 11.0 Å². The van der Waals surface area contributed by atoms with E-state index in [0.717, 1.165) is 6.07 Å². The summed E-state index contributed by atoms with van der Waals surface area (Å²) in [6.07, 6.45) is 1.48. The lowest BCUT2D eigenvalue weighted by Gasteiger charge is -1.94. The number of nitriles is 1. The molecule has 0 spiro atoms. The first-order valence-electron chi connectivity index (χ1n) is 4.98. The highest BCUT2D eigenvalue weighted by Gasteiger charge is 1.98. The summed E-state index contributed by atoms with van der Waals surface area (Å²) in [7, 11) is 0. The number of aromatic nitrogens is 2. The highest BCUT2D eigenvalue weighted by Crippen LogP contribution is 2.07. The van der Waals surface area contributed by atoms with Crippen LogP contribution in [0.1, 0.15) is 16.8 Å². The maximum Gasteiger partial charge on any atom is 0.221 e. The molecule has 0 aliphatic rings. The van der Waals surface area contributed by atoms with Gasteiger partial charge in [0.05, 0.1) is 11.6 Å². The highest BCUT2D eigenvalue weighted by atomic mass is 19.1. The van der Waals surface area contributed by atoms with Crippen molar-refractivity contribution in [3.8, 4) is 17.9 Å². The standard InChI is InChI=1S/C13H7FN4/c14-11-6-9(5-10(7-11)8-15)1-2-12-3-4-17-13(16)18-12/h3-7H,(H2,16,17,18). The Morgan fingerprint density at radius 1 is 1.17 bits per heavy atom. The van der Waals surface area contributed by atoms with Gasteiger partial charge in [-0.1, -0.05) is 5.92 Å². The highest BCUT2D eigenvalue weighted by molar-refractivity contribution is 5.45. The molecule has 2 rings (SSSR count). The molecular formula is C13H7FN4. The second kappa shape index (κ2) is 4.94. The Morgan fingerprint density at radius 3 is 2.67 bits per heavy atom. The van der Waals surface area contributed by atoms with Crippen LogP contribution >= 0.6 is 0 Å². The van der Waals surface area contributed by atoms with E-state index in [0.29, 0.717) is 11.3 Å². The van der Waals surface area contributed by atoms with E-state index in [1.54, 1.807) is 6.07 Å². The fourth-order valence-electron chi connectivity index (χ4n) is 1.31. The molecule has 0 saturated heterocycles. The molecule has 0 fully saturated rings. The van der Waals surface area contributed by atoms with Crippen LogP contribution in [0, 0.1) is 29.0 Å². The zero-order valence-electron chi connectivity index (χ0n) is 9.18. The summed E-state index contributed by atoms with van der Waals surface area (Å²) < 4.78 is 13.1. The molecule has 18 heavy (non-hydrogen) atoms. The van der Waals surface area contributed by atoms with Crippen LogP contribution in [0.25, 0.3) is 0 Å². The quantitative estimate of drug-likeness (QED) is 0.705. The Morgan fingerprint density at radius 2 is 1.94 bits per heavy atom. The lowest BCUT2D eigenvalue weighted by Crippen LogP contribution is -1.95. The van der Waals surface area contributed by atoms with Gasteiger partial charge in [0.25, 0.3) is 0 Å². The van der Waals surface area contributed by atoms with Crippen molar-refractivity contribution in [2.45, 2.75) is 0 Å². The zero-order chi connectivity index (χ0) is 13.0. The Balaban J connectivity index is 2.36. The van der Waals surface area contributed by atoms with Crippen LogP contribution < -0.4 is 5.73 Å². The van der Waals surface area contributed by atoms with Gasteiger partial charge in [-0.25, -0.2) is 14.4 Å². The number of halogens is 1. The summed E-state index contributed by atoms with van der Waals surface area (Å²) >= 11 is 0. The van der Waals surface area contributed by atoms with Crippen LogP contribution in [0.15, 0.2) is 30.5 Å². The van der Waals surface area contributed by atoms with Gasteiger partial charge in [0.2, 0.25) is 5.95 Å². The first-order chi connectivity index (χ1) is 8.67. The van der Waals surface area contributed by atoms with Crippen molar-refractivity contribution in [2.24, 2.45) is 0 Å². The lowest BCUT2D eigenvalue weighted by molar-refractivity contribution is 0.627. The molecule has 0 unspecified atom stereocenters. The van der Waals surface area contributed by atoms with Crippen LogP contribution in [-0.2, 0) is 0 Å². The molecule has 0 saturated carbocycles. The number of anilines is 1. The summed E-state index contributed by atoms with van der Waals surface area (Å²) in [5.74, 6) is 5.06. The summed E-state index contributed by atoms with van der Waals surface area (Å²) in [6, 6.07) is 7.35. The second-order valence-corrected chi connectivity index (χ2v) is 3.39. The molecule has 86 valence electrons. The molecule has 0 radical (unpaired) electrons. The molecule has 0 aliphatic heterocycles. The largest absolute Gasteiger partial charge is 0.368 e. The van der Waals surface area contributed by atoms with Gasteiger partial charge in [-0.3, -0.25) is 0 Å². The van der Waals surface area contributed by atoms with Crippen molar-refractivity contribution >= 4 is 5.95 Å². The van der Waals surface area contributed by atoms with Gasteiger partial charge in [0.1, 0.15) is 11.5 Å². The van der Waals surface area contributed by atoms with Crippen molar-refractivity contribution in [3.63, 3.8) is 0 Å². The predicted octanol–water partition coefficient (Wildman–Crippen LogP) is 1.47.